The second-order valence-electron chi connectivity index (χ2n) is 10.2. The van der Waals surface area contributed by atoms with E-state index >= 15 is 4.39 Å². The van der Waals surface area contributed by atoms with E-state index in [0.29, 0.717) is 28.3 Å². The van der Waals surface area contributed by atoms with E-state index < -0.39 is 18.6 Å². The van der Waals surface area contributed by atoms with Gasteiger partial charge in [0.25, 0.3) is 5.91 Å². The summed E-state index contributed by atoms with van der Waals surface area (Å²) in [4.78, 5) is 35.1. The molecule has 0 aliphatic carbocycles. The van der Waals surface area contributed by atoms with Crippen molar-refractivity contribution in [1.82, 2.24) is 25.4 Å². The number of aliphatic imine (C=N–C) groups is 1. The number of amides is 3. The molecule has 0 saturated carbocycles. The lowest BCUT2D eigenvalue weighted by atomic mass is 10.0. The number of carbonyl (C=O) groups excluding carboxylic acids is 2. The summed E-state index contributed by atoms with van der Waals surface area (Å²) < 4.78 is 57.5. The minimum Gasteiger partial charge on any atom is -0.406 e. The number of aryl methyl sites for hydroxylation is 2. The predicted octanol–water partition coefficient (Wildman–Crippen LogP) is 5.81. The first-order chi connectivity index (χ1) is 21.5. The summed E-state index contributed by atoms with van der Waals surface area (Å²) in [5, 5.41) is 9.40. The van der Waals surface area contributed by atoms with Crippen molar-refractivity contribution in [2.75, 3.05) is 18.0 Å². The van der Waals surface area contributed by atoms with Crippen LogP contribution in [0.15, 0.2) is 78.0 Å². The second-order valence-corrected chi connectivity index (χ2v) is 10.2. The summed E-state index contributed by atoms with van der Waals surface area (Å²) in [6.07, 6.45) is -3.31. The van der Waals surface area contributed by atoms with Crippen molar-refractivity contribution in [3.05, 3.63) is 89.7 Å². The van der Waals surface area contributed by atoms with Crippen molar-refractivity contribution in [2.45, 2.75) is 39.2 Å². The molecule has 1 aliphatic heterocycles. The first-order valence-corrected chi connectivity index (χ1v) is 14.0. The largest absolute Gasteiger partial charge is 0.573 e. The Labute approximate surface area is 255 Å². The standard InChI is InChI=1S/C31H29F4N7O3/c1-3-4-21-6-5-19(2)15-26(21)42-27(43)17-36-29(42)39-30(44)37-16-25(32)20-7-9-22(10-8-20)28-38-18-41(40-28)23-11-13-24(14-12-23)45-31(33,34)35/h5-15,18,25H,3-4,16-17H2,1-2H3,(H2,36,37,39,44). The van der Waals surface area contributed by atoms with Crippen LogP contribution in [-0.4, -0.2) is 52.1 Å². The number of urea groups is 1. The van der Waals surface area contributed by atoms with Crippen LogP contribution in [0.3, 0.4) is 0 Å². The second kappa shape index (κ2) is 13.2. The average molecular weight is 624 g/mol. The predicted molar refractivity (Wildman–Crippen MR) is 159 cm³/mol. The fraction of sp³-hybridized carbons (Fsp3) is 0.258. The van der Waals surface area contributed by atoms with Crippen LogP contribution in [0.2, 0.25) is 0 Å². The van der Waals surface area contributed by atoms with E-state index in [2.05, 4.69) is 30.4 Å². The zero-order valence-corrected chi connectivity index (χ0v) is 24.3. The molecule has 234 valence electrons. The van der Waals surface area contributed by atoms with Crippen LogP contribution >= 0.6 is 0 Å². The molecule has 0 bridgehead atoms. The Balaban J connectivity index is 1.17. The molecule has 14 heteroatoms. The molecule has 0 fully saturated rings. The van der Waals surface area contributed by atoms with Gasteiger partial charge in [0.1, 0.15) is 24.8 Å². The minimum atomic E-state index is -4.79. The molecule has 1 atom stereocenters. The summed E-state index contributed by atoms with van der Waals surface area (Å²) in [5.74, 6) is -0.234. The first-order valence-electron chi connectivity index (χ1n) is 14.0. The summed E-state index contributed by atoms with van der Waals surface area (Å²) in [6, 6.07) is 16.5. The van der Waals surface area contributed by atoms with Gasteiger partial charge in [-0.25, -0.2) is 28.7 Å². The minimum absolute atomic E-state index is 0.0812. The maximum absolute atomic E-state index is 15.0. The van der Waals surface area contributed by atoms with E-state index in [1.165, 1.54) is 52.3 Å². The molecule has 1 aliphatic rings. The van der Waals surface area contributed by atoms with Gasteiger partial charge in [0, 0.05) is 5.56 Å². The zero-order valence-electron chi connectivity index (χ0n) is 24.3. The van der Waals surface area contributed by atoms with E-state index in [1.54, 1.807) is 12.1 Å². The van der Waals surface area contributed by atoms with Crippen LogP contribution in [0.25, 0.3) is 17.1 Å². The van der Waals surface area contributed by atoms with Gasteiger partial charge < -0.3 is 10.1 Å². The zero-order chi connectivity index (χ0) is 32.1. The maximum atomic E-state index is 15.0. The van der Waals surface area contributed by atoms with Gasteiger partial charge >= 0.3 is 12.4 Å². The molecule has 5 rings (SSSR count). The lowest BCUT2D eigenvalue weighted by Crippen LogP contribution is -2.48. The Morgan fingerprint density at radius 1 is 1.07 bits per heavy atom. The van der Waals surface area contributed by atoms with Crippen molar-refractivity contribution in [2.24, 2.45) is 4.99 Å². The summed E-state index contributed by atoms with van der Waals surface area (Å²) >= 11 is 0. The number of hydrogen-bond donors (Lipinski definition) is 2. The number of carbonyl (C=O) groups is 2. The van der Waals surface area contributed by atoms with Crippen LogP contribution in [-0.2, 0) is 11.2 Å². The summed E-state index contributed by atoms with van der Waals surface area (Å²) in [5.41, 5.74) is 3.92. The van der Waals surface area contributed by atoms with E-state index in [9.17, 15) is 22.8 Å². The van der Waals surface area contributed by atoms with Crippen molar-refractivity contribution >= 4 is 23.6 Å². The molecule has 4 aromatic rings. The Kier molecular flexibility index (Phi) is 9.11. The van der Waals surface area contributed by atoms with Gasteiger partial charge in [-0.05, 0) is 60.4 Å². The third-order valence-corrected chi connectivity index (χ3v) is 6.85. The molecule has 2 N–H and O–H groups in total. The van der Waals surface area contributed by atoms with Gasteiger partial charge in [-0.2, -0.15) is 0 Å². The number of halogens is 4. The van der Waals surface area contributed by atoms with Gasteiger partial charge in [-0.1, -0.05) is 49.7 Å². The van der Waals surface area contributed by atoms with Crippen LogP contribution in [0.1, 0.15) is 36.2 Å². The monoisotopic (exact) mass is 623 g/mol. The highest BCUT2D eigenvalue weighted by Crippen LogP contribution is 2.27. The number of rotatable bonds is 9. The van der Waals surface area contributed by atoms with Crippen molar-refractivity contribution in [3.63, 3.8) is 0 Å². The van der Waals surface area contributed by atoms with Gasteiger partial charge in [0.2, 0.25) is 5.96 Å². The van der Waals surface area contributed by atoms with Gasteiger partial charge in [0.05, 0.1) is 17.9 Å². The quantitative estimate of drug-likeness (QED) is 0.229. The number of guanidine groups is 1. The van der Waals surface area contributed by atoms with E-state index in [4.69, 9.17) is 0 Å². The SMILES string of the molecule is CCCc1ccc(C)cc1N1C(=O)CN=C1NC(=O)NCC(F)c1ccc(-c2ncn(-c3ccc(OC(F)(F)F)cc3)n2)cc1. The van der Waals surface area contributed by atoms with Crippen LogP contribution in [0.5, 0.6) is 5.75 Å². The molecule has 2 heterocycles. The highest BCUT2D eigenvalue weighted by Gasteiger charge is 2.31. The fourth-order valence-corrected chi connectivity index (χ4v) is 4.72. The van der Waals surface area contributed by atoms with Crippen molar-refractivity contribution in [3.8, 4) is 22.8 Å². The van der Waals surface area contributed by atoms with E-state index in [-0.39, 0.29) is 30.7 Å². The smallest absolute Gasteiger partial charge is 0.406 e. The number of aromatic nitrogens is 3. The molecule has 1 aromatic heterocycles. The average Bonchev–Trinajstić information content (AvgIpc) is 3.64. The Hall–Kier alpha value is -5.27. The Morgan fingerprint density at radius 2 is 1.80 bits per heavy atom. The van der Waals surface area contributed by atoms with Crippen LogP contribution in [0, 0.1) is 6.92 Å². The van der Waals surface area contributed by atoms with Crippen LogP contribution in [0.4, 0.5) is 28.0 Å². The maximum Gasteiger partial charge on any atom is 0.573 e. The summed E-state index contributed by atoms with van der Waals surface area (Å²) in [6.45, 7) is 3.51. The molecule has 0 spiro atoms. The number of alkyl halides is 4. The first kappa shape index (κ1) is 31.2. The number of ether oxygens (including phenoxy) is 1. The number of hydrogen-bond acceptors (Lipinski definition) is 6. The number of benzene rings is 3. The Bertz CT molecular complexity index is 1700. The van der Waals surface area contributed by atoms with Gasteiger partial charge in [0.15, 0.2) is 5.82 Å². The lowest BCUT2D eigenvalue weighted by molar-refractivity contribution is -0.274. The molecular weight excluding hydrogens is 594 g/mol. The van der Waals surface area contributed by atoms with Gasteiger partial charge in [-0.15, -0.1) is 18.3 Å². The highest BCUT2D eigenvalue weighted by atomic mass is 19.4. The molecule has 0 saturated heterocycles. The summed E-state index contributed by atoms with van der Waals surface area (Å²) in [7, 11) is 0. The van der Waals surface area contributed by atoms with Crippen molar-refractivity contribution in [1.29, 1.82) is 0 Å². The lowest BCUT2D eigenvalue weighted by Gasteiger charge is -2.22. The third kappa shape index (κ3) is 7.63. The highest BCUT2D eigenvalue weighted by molar-refractivity contribution is 6.23. The van der Waals surface area contributed by atoms with E-state index in [0.717, 1.165) is 24.0 Å². The number of anilines is 1. The number of nitrogens with zero attached hydrogens (tertiary/aromatic N) is 5. The normalized spacial score (nSPS) is 13.9. The molecule has 3 aromatic carbocycles. The molecular formula is C31H29F4N7O3. The molecule has 1 unspecified atom stereocenters. The van der Waals surface area contributed by atoms with E-state index in [1.807, 2.05) is 32.0 Å². The Morgan fingerprint density at radius 3 is 2.49 bits per heavy atom. The third-order valence-electron chi connectivity index (χ3n) is 6.85. The molecule has 3 amide bonds. The fourth-order valence-electron chi connectivity index (χ4n) is 4.72. The van der Waals surface area contributed by atoms with Crippen molar-refractivity contribution < 1.29 is 31.9 Å². The topological polar surface area (TPSA) is 114 Å². The molecule has 45 heavy (non-hydrogen) atoms. The number of nitrogens with one attached hydrogen (secondary N) is 2. The molecule has 0 radical (unpaired) electrons. The van der Waals surface area contributed by atoms with Crippen LogP contribution < -0.4 is 20.3 Å². The van der Waals surface area contributed by atoms with Gasteiger partial charge in [-0.3, -0.25) is 10.1 Å². The molecule has 10 nitrogen and oxygen atoms in total.